The molecule has 0 saturated heterocycles. The standard InChI is InChI=1S/C25H27NO4S/c1-4-17-11-13-19(14-12-17)20-16-31-24(23(20)25(28)29-6-3)26-22(27)15-30-21-10-8-7-9-18(21)5-2/h7-14,16H,4-6,15H2,1-3H3,(H,26,27). The fourth-order valence-electron chi connectivity index (χ4n) is 3.23. The summed E-state index contributed by atoms with van der Waals surface area (Å²) in [4.78, 5) is 25.3. The molecule has 0 aliphatic rings. The van der Waals surface area contributed by atoms with Gasteiger partial charge in [-0.3, -0.25) is 4.79 Å². The van der Waals surface area contributed by atoms with Crippen molar-refractivity contribution in [3.8, 4) is 16.9 Å². The van der Waals surface area contributed by atoms with Crippen LogP contribution < -0.4 is 10.1 Å². The number of amides is 1. The second-order valence-corrected chi connectivity index (χ2v) is 7.80. The van der Waals surface area contributed by atoms with Crippen LogP contribution in [0.2, 0.25) is 0 Å². The Morgan fingerprint density at radius 2 is 1.71 bits per heavy atom. The van der Waals surface area contributed by atoms with Crippen molar-refractivity contribution in [1.29, 1.82) is 0 Å². The molecule has 1 heterocycles. The molecule has 1 amide bonds. The fraction of sp³-hybridized carbons (Fsp3) is 0.280. The van der Waals surface area contributed by atoms with Gasteiger partial charge < -0.3 is 14.8 Å². The first kappa shape index (κ1) is 22.6. The van der Waals surface area contributed by atoms with Crippen molar-refractivity contribution in [1.82, 2.24) is 0 Å². The molecule has 0 aliphatic heterocycles. The maximum absolute atomic E-state index is 12.7. The summed E-state index contributed by atoms with van der Waals surface area (Å²) in [5.74, 6) is -0.0919. The molecule has 0 radical (unpaired) electrons. The van der Waals surface area contributed by atoms with Crippen molar-refractivity contribution in [2.45, 2.75) is 33.6 Å². The number of anilines is 1. The third-order valence-electron chi connectivity index (χ3n) is 4.91. The van der Waals surface area contributed by atoms with Crippen LogP contribution in [0.25, 0.3) is 11.1 Å². The van der Waals surface area contributed by atoms with E-state index in [-0.39, 0.29) is 19.1 Å². The highest BCUT2D eigenvalue weighted by Gasteiger charge is 2.23. The Balaban J connectivity index is 1.80. The van der Waals surface area contributed by atoms with Crippen molar-refractivity contribution >= 4 is 28.2 Å². The Morgan fingerprint density at radius 1 is 0.968 bits per heavy atom. The third kappa shape index (κ3) is 5.52. The van der Waals surface area contributed by atoms with Crippen molar-refractivity contribution in [3.05, 3.63) is 70.6 Å². The minimum atomic E-state index is -0.453. The zero-order chi connectivity index (χ0) is 22.2. The summed E-state index contributed by atoms with van der Waals surface area (Å²) < 4.78 is 11.0. The fourth-order valence-corrected chi connectivity index (χ4v) is 4.20. The molecule has 1 aromatic heterocycles. The zero-order valence-corrected chi connectivity index (χ0v) is 18.9. The number of carbonyl (C=O) groups excluding carboxylic acids is 2. The SMILES string of the molecule is CCOC(=O)c1c(-c2ccc(CC)cc2)csc1NC(=O)COc1ccccc1CC. The van der Waals surface area contributed by atoms with Gasteiger partial charge in [-0.2, -0.15) is 0 Å². The van der Waals surface area contributed by atoms with Crippen LogP contribution in [-0.4, -0.2) is 25.1 Å². The molecule has 2 aromatic carbocycles. The molecule has 0 saturated carbocycles. The molecule has 31 heavy (non-hydrogen) atoms. The zero-order valence-electron chi connectivity index (χ0n) is 18.1. The van der Waals surface area contributed by atoms with Gasteiger partial charge in [-0.15, -0.1) is 11.3 Å². The van der Waals surface area contributed by atoms with Crippen molar-refractivity contribution in [3.63, 3.8) is 0 Å². The molecule has 0 aliphatic carbocycles. The van der Waals surface area contributed by atoms with Crippen LogP contribution in [0.4, 0.5) is 5.00 Å². The van der Waals surface area contributed by atoms with Gasteiger partial charge in [0, 0.05) is 10.9 Å². The average molecular weight is 438 g/mol. The largest absolute Gasteiger partial charge is 0.483 e. The molecule has 0 fully saturated rings. The smallest absolute Gasteiger partial charge is 0.341 e. The van der Waals surface area contributed by atoms with Crippen LogP contribution in [-0.2, 0) is 22.4 Å². The van der Waals surface area contributed by atoms with Gasteiger partial charge >= 0.3 is 5.97 Å². The van der Waals surface area contributed by atoms with E-state index in [2.05, 4.69) is 12.2 Å². The number of ether oxygens (including phenoxy) is 2. The van der Waals surface area contributed by atoms with E-state index in [9.17, 15) is 9.59 Å². The van der Waals surface area contributed by atoms with Gasteiger partial charge in [-0.05, 0) is 42.5 Å². The lowest BCUT2D eigenvalue weighted by Gasteiger charge is -2.11. The van der Waals surface area contributed by atoms with E-state index in [1.165, 1.54) is 16.9 Å². The molecule has 0 atom stereocenters. The number of thiophene rings is 1. The summed E-state index contributed by atoms with van der Waals surface area (Å²) in [6, 6.07) is 15.7. The Morgan fingerprint density at radius 3 is 2.39 bits per heavy atom. The first-order chi connectivity index (χ1) is 15.1. The number of aryl methyl sites for hydroxylation is 2. The van der Waals surface area contributed by atoms with E-state index in [1.54, 1.807) is 6.92 Å². The van der Waals surface area contributed by atoms with Crippen LogP contribution in [0.15, 0.2) is 53.9 Å². The second kappa shape index (κ2) is 10.8. The van der Waals surface area contributed by atoms with Gasteiger partial charge in [0.05, 0.1) is 6.61 Å². The molecule has 0 unspecified atom stereocenters. The first-order valence-electron chi connectivity index (χ1n) is 10.5. The minimum absolute atomic E-state index is 0.141. The Hall–Kier alpha value is -3.12. The van der Waals surface area contributed by atoms with E-state index in [0.29, 0.717) is 16.3 Å². The molecular formula is C25H27NO4S. The molecule has 162 valence electrons. The number of hydrogen-bond donors (Lipinski definition) is 1. The summed E-state index contributed by atoms with van der Waals surface area (Å²) in [6.07, 6.45) is 1.76. The maximum Gasteiger partial charge on any atom is 0.341 e. The first-order valence-corrected chi connectivity index (χ1v) is 11.3. The number of para-hydroxylation sites is 1. The maximum atomic E-state index is 12.7. The summed E-state index contributed by atoms with van der Waals surface area (Å²) in [6.45, 7) is 6.01. The highest BCUT2D eigenvalue weighted by atomic mass is 32.1. The summed E-state index contributed by atoms with van der Waals surface area (Å²) in [5.41, 5.74) is 4.29. The predicted octanol–water partition coefficient (Wildman–Crippen LogP) is 5.73. The number of carbonyl (C=O) groups is 2. The van der Waals surface area contributed by atoms with Crippen LogP contribution in [0.3, 0.4) is 0 Å². The number of rotatable bonds is 9. The van der Waals surface area contributed by atoms with Crippen LogP contribution in [0, 0.1) is 0 Å². The molecular weight excluding hydrogens is 410 g/mol. The van der Waals surface area contributed by atoms with Gasteiger partial charge in [0.15, 0.2) is 6.61 Å². The van der Waals surface area contributed by atoms with E-state index in [4.69, 9.17) is 9.47 Å². The van der Waals surface area contributed by atoms with Gasteiger partial charge in [0.25, 0.3) is 5.91 Å². The number of hydrogen-bond acceptors (Lipinski definition) is 5. The van der Waals surface area contributed by atoms with Crippen LogP contribution >= 0.6 is 11.3 Å². The lowest BCUT2D eigenvalue weighted by atomic mass is 10.0. The number of benzene rings is 2. The summed E-state index contributed by atoms with van der Waals surface area (Å²) in [7, 11) is 0. The quantitative estimate of drug-likeness (QED) is 0.434. The molecule has 0 spiro atoms. The predicted molar refractivity (Wildman–Crippen MR) is 125 cm³/mol. The summed E-state index contributed by atoms with van der Waals surface area (Å²) in [5, 5.41) is 5.16. The monoisotopic (exact) mass is 437 g/mol. The van der Waals surface area contributed by atoms with Crippen LogP contribution in [0.1, 0.15) is 42.3 Å². The molecule has 1 N–H and O–H groups in total. The number of nitrogens with one attached hydrogen (secondary N) is 1. The average Bonchev–Trinajstić information content (AvgIpc) is 3.21. The van der Waals surface area contributed by atoms with Gasteiger partial charge in [-0.25, -0.2) is 4.79 Å². The van der Waals surface area contributed by atoms with Gasteiger partial charge in [0.1, 0.15) is 16.3 Å². The van der Waals surface area contributed by atoms with Gasteiger partial charge in [-0.1, -0.05) is 56.3 Å². The van der Waals surface area contributed by atoms with Crippen molar-refractivity contribution < 1.29 is 19.1 Å². The third-order valence-corrected chi connectivity index (χ3v) is 5.80. The summed E-state index contributed by atoms with van der Waals surface area (Å²) >= 11 is 1.30. The molecule has 3 aromatic rings. The normalized spacial score (nSPS) is 10.5. The Labute approximate surface area is 187 Å². The van der Waals surface area contributed by atoms with Crippen molar-refractivity contribution in [2.75, 3.05) is 18.5 Å². The lowest BCUT2D eigenvalue weighted by molar-refractivity contribution is -0.118. The Bertz CT molecular complexity index is 1040. The molecule has 5 nitrogen and oxygen atoms in total. The lowest BCUT2D eigenvalue weighted by Crippen LogP contribution is -2.21. The van der Waals surface area contributed by atoms with E-state index >= 15 is 0 Å². The highest BCUT2D eigenvalue weighted by Crippen LogP contribution is 2.36. The Kier molecular flexibility index (Phi) is 7.84. The van der Waals surface area contributed by atoms with E-state index in [1.807, 2.05) is 60.8 Å². The highest BCUT2D eigenvalue weighted by molar-refractivity contribution is 7.15. The van der Waals surface area contributed by atoms with E-state index in [0.717, 1.165) is 29.5 Å². The topological polar surface area (TPSA) is 64.6 Å². The minimum Gasteiger partial charge on any atom is -0.483 e. The van der Waals surface area contributed by atoms with Crippen LogP contribution in [0.5, 0.6) is 5.75 Å². The van der Waals surface area contributed by atoms with E-state index < -0.39 is 5.97 Å². The number of esters is 1. The van der Waals surface area contributed by atoms with Crippen molar-refractivity contribution in [2.24, 2.45) is 0 Å². The molecule has 6 heteroatoms. The molecule has 3 rings (SSSR count). The van der Waals surface area contributed by atoms with Gasteiger partial charge in [0.2, 0.25) is 0 Å². The second-order valence-electron chi connectivity index (χ2n) is 6.92. The molecule has 0 bridgehead atoms.